The smallest absolute Gasteiger partial charge is 0.0248 e. The Balaban J connectivity index is 1.51. The van der Waals surface area contributed by atoms with Gasteiger partial charge in [0.05, 0.1) is 0 Å². The fourth-order valence-corrected chi connectivity index (χ4v) is 6.29. The number of unbranched alkanes of at least 4 members (excludes halogenated alkanes) is 1. The van der Waals surface area contributed by atoms with Crippen molar-refractivity contribution in [2.24, 2.45) is 23.7 Å². The molecule has 0 bridgehead atoms. The van der Waals surface area contributed by atoms with Crippen molar-refractivity contribution in [3.8, 4) is 0 Å². The average Bonchev–Trinajstić information content (AvgIpc) is 2.78. The van der Waals surface area contributed by atoms with Crippen LogP contribution in [0.25, 0.3) is 0 Å². The van der Waals surface area contributed by atoms with Crippen LogP contribution in [0.15, 0.2) is 24.3 Å². The van der Waals surface area contributed by atoms with Gasteiger partial charge in [0, 0.05) is 0 Å². The third-order valence-corrected chi connectivity index (χ3v) is 8.25. The summed E-state index contributed by atoms with van der Waals surface area (Å²) in [6.07, 6.45) is 24.7. The molecular weight excluding hydrogens is 348 g/mol. The summed E-state index contributed by atoms with van der Waals surface area (Å²) >= 11 is 0. The van der Waals surface area contributed by atoms with Crippen LogP contribution in [0.3, 0.4) is 0 Å². The van der Waals surface area contributed by atoms with E-state index in [1.165, 1.54) is 115 Å². The number of rotatable bonds is 11. The highest BCUT2D eigenvalue weighted by Gasteiger charge is 2.26. The lowest BCUT2D eigenvalue weighted by atomic mass is 9.72. The van der Waals surface area contributed by atoms with Gasteiger partial charge in [-0.1, -0.05) is 128 Å². The quantitative estimate of drug-likeness (QED) is 0.350. The third kappa shape index (κ3) is 7.76. The molecule has 1 atom stereocenters. The minimum absolute atomic E-state index is 0.935. The zero-order valence-corrected chi connectivity index (χ0v) is 19.6. The molecule has 2 saturated carbocycles. The maximum atomic E-state index is 2.44. The second-order valence-corrected chi connectivity index (χ2v) is 10.5. The monoisotopic (exact) mass is 396 g/mol. The van der Waals surface area contributed by atoms with Gasteiger partial charge in [-0.2, -0.15) is 0 Å². The van der Waals surface area contributed by atoms with E-state index in [1.807, 2.05) is 0 Å². The van der Waals surface area contributed by atoms with Crippen LogP contribution in [-0.2, 0) is 12.8 Å². The summed E-state index contributed by atoms with van der Waals surface area (Å²) in [5.41, 5.74) is 3.12. The van der Waals surface area contributed by atoms with Gasteiger partial charge in [-0.3, -0.25) is 0 Å². The predicted octanol–water partition coefficient (Wildman–Crippen LogP) is 9.15. The van der Waals surface area contributed by atoms with Gasteiger partial charge in [0.1, 0.15) is 0 Å². The number of hydrogen-bond donors (Lipinski definition) is 0. The van der Waals surface area contributed by atoms with Crippen molar-refractivity contribution in [1.29, 1.82) is 0 Å². The van der Waals surface area contributed by atoms with E-state index in [1.54, 1.807) is 5.56 Å². The van der Waals surface area contributed by atoms with Gasteiger partial charge in [0.15, 0.2) is 0 Å². The first kappa shape index (κ1) is 22.9. The lowest BCUT2D eigenvalue weighted by Gasteiger charge is -2.33. The topological polar surface area (TPSA) is 0 Å². The molecule has 164 valence electrons. The molecule has 0 heterocycles. The third-order valence-electron chi connectivity index (χ3n) is 8.25. The highest BCUT2D eigenvalue weighted by molar-refractivity contribution is 5.23. The molecule has 0 saturated heterocycles. The SMILES string of the molecule is CCCCC1CCC(CCC(Cc2ccc(CCC)cc2)C2CCCCC2)CC1. The van der Waals surface area contributed by atoms with Crippen LogP contribution in [-0.4, -0.2) is 0 Å². The van der Waals surface area contributed by atoms with Crippen molar-refractivity contribution in [2.45, 2.75) is 123 Å². The van der Waals surface area contributed by atoms with Crippen LogP contribution in [0.4, 0.5) is 0 Å². The molecular formula is C29H48. The van der Waals surface area contributed by atoms with Crippen molar-refractivity contribution in [1.82, 2.24) is 0 Å². The molecule has 0 nitrogen and oxygen atoms in total. The summed E-state index contributed by atoms with van der Waals surface area (Å²) in [6.45, 7) is 4.62. The molecule has 1 unspecified atom stereocenters. The van der Waals surface area contributed by atoms with Crippen LogP contribution in [0, 0.1) is 23.7 Å². The van der Waals surface area contributed by atoms with Crippen molar-refractivity contribution < 1.29 is 0 Å². The van der Waals surface area contributed by atoms with E-state index >= 15 is 0 Å². The lowest BCUT2D eigenvalue weighted by Crippen LogP contribution is -2.22. The van der Waals surface area contributed by atoms with Gasteiger partial charge in [0.2, 0.25) is 0 Å². The van der Waals surface area contributed by atoms with Gasteiger partial charge in [-0.15, -0.1) is 0 Å². The van der Waals surface area contributed by atoms with Gasteiger partial charge in [-0.25, -0.2) is 0 Å². The Morgan fingerprint density at radius 3 is 1.97 bits per heavy atom. The van der Waals surface area contributed by atoms with Gasteiger partial charge in [-0.05, 0) is 54.1 Å². The molecule has 0 heteroatoms. The standard InChI is InChI=1S/C29H48/c1-3-5-10-25-13-15-26(16-14-25)21-22-29(28-11-7-6-8-12-28)23-27-19-17-24(9-4-2)18-20-27/h17-20,25-26,28-29H,3-16,21-23H2,1-2H3. The Kier molecular flexibility index (Phi) is 10.1. The van der Waals surface area contributed by atoms with Crippen LogP contribution < -0.4 is 0 Å². The van der Waals surface area contributed by atoms with E-state index in [9.17, 15) is 0 Å². The maximum Gasteiger partial charge on any atom is -0.0248 e. The molecule has 0 aliphatic heterocycles. The highest BCUT2D eigenvalue weighted by atomic mass is 14.3. The lowest BCUT2D eigenvalue weighted by molar-refractivity contribution is 0.196. The predicted molar refractivity (Wildman–Crippen MR) is 128 cm³/mol. The van der Waals surface area contributed by atoms with Gasteiger partial charge in [0.25, 0.3) is 0 Å². The summed E-state index contributed by atoms with van der Waals surface area (Å²) in [6, 6.07) is 9.68. The molecule has 0 N–H and O–H groups in total. The van der Waals surface area contributed by atoms with Crippen LogP contribution in [0.1, 0.15) is 121 Å². The van der Waals surface area contributed by atoms with Crippen LogP contribution >= 0.6 is 0 Å². The van der Waals surface area contributed by atoms with Crippen molar-refractivity contribution in [2.75, 3.05) is 0 Å². The second kappa shape index (κ2) is 12.8. The molecule has 2 aliphatic rings. The molecule has 2 fully saturated rings. The Hall–Kier alpha value is -0.780. The van der Waals surface area contributed by atoms with E-state index in [2.05, 4.69) is 38.1 Å². The fourth-order valence-electron chi connectivity index (χ4n) is 6.29. The molecule has 0 aromatic heterocycles. The fraction of sp³-hybridized carbons (Fsp3) is 0.793. The number of aryl methyl sites for hydroxylation is 1. The normalized spacial score (nSPS) is 24.5. The summed E-state index contributed by atoms with van der Waals surface area (Å²) in [7, 11) is 0. The minimum atomic E-state index is 0.935. The maximum absolute atomic E-state index is 2.44. The molecule has 2 aliphatic carbocycles. The molecule has 3 rings (SSSR count). The summed E-state index contributed by atoms with van der Waals surface area (Å²) in [5, 5.41) is 0. The van der Waals surface area contributed by atoms with Gasteiger partial charge < -0.3 is 0 Å². The minimum Gasteiger partial charge on any atom is -0.0654 e. The van der Waals surface area contributed by atoms with E-state index in [0.29, 0.717) is 0 Å². The van der Waals surface area contributed by atoms with Gasteiger partial charge >= 0.3 is 0 Å². The van der Waals surface area contributed by atoms with E-state index in [0.717, 1.165) is 23.7 Å². The van der Waals surface area contributed by atoms with E-state index in [-0.39, 0.29) is 0 Å². The van der Waals surface area contributed by atoms with Crippen LogP contribution in [0.5, 0.6) is 0 Å². The first-order valence-electron chi connectivity index (χ1n) is 13.4. The largest absolute Gasteiger partial charge is 0.0654 e. The van der Waals surface area contributed by atoms with E-state index in [4.69, 9.17) is 0 Å². The van der Waals surface area contributed by atoms with Crippen LogP contribution in [0.2, 0.25) is 0 Å². The van der Waals surface area contributed by atoms with Crippen molar-refractivity contribution >= 4 is 0 Å². The first-order chi connectivity index (χ1) is 14.3. The molecule has 1 aromatic carbocycles. The Labute approximate surface area is 182 Å². The molecule has 1 aromatic rings. The molecule has 29 heavy (non-hydrogen) atoms. The first-order valence-corrected chi connectivity index (χ1v) is 13.4. The van der Waals surface area contributed by atoms with E-state index < -0.39 is 0 Å². The Morgan fingerprint density at radius 2 is 1.34 bits per heavy atom. The Bertz CT molecular complexity index is 528. The average molecular weight is 397 g/mol. The number of hydrogen-bond acceptors (Lipinski definition) is 0. The second-order valence-electron chi connectivity index (χ2n) is 10.5. The Morgan fingerprint density at radius 1 is 0.724 bits per heavy atom. The summed E-state index contributed by atoms with van der Waals surface area (Å²) < 4.78 is 0. The molecule has 0 amide bonds. The highest BCUT2D eigenvalue weighted by Crippen LogP contribution is 2.39. The number of benzene rings is 1. The molecule has 0 spiro atoms. The zero-order valence-electron chi connectivity index (χ0n) is 19.6. The molecule has 0 radical (unpaired) electrons. The van der Waals surface area contributed by atoms with Crippen molar-refractivity contribution in [3.63, 3.8) is 0 Å². The summed E-state index contributed by atoms with van der Waals surface area (Å²) in [4.78, 5) is 0. The zero-order chi connectivity index (χ0) is 20.3. The van der Waals surface area contributed by atoms with Crippen molar-refractivity contribution in [3.05, 3.63) is 35.4 Å². The summed E-state index contributed by atoms with van der Waals surface area (Å²) in [5.74, 6) is 4.03.